The van der Waals surface area contributed by atoms with Crippen molar-refractivity contribution in [1.29, 1.82) is 0 Å². The van der Waals surface area contributed by atoms with Gasteiger partial charge in [-0.1, -0.05) is 66.7 Å². The van der Waals surface area contributed by atoms with Crippen molar-refractivity contribution in [2.45, 2.75) is 77.1 Å². The van der Waals surface area contributed by atoms with Crippen LogP contribution in [0.25, 0.3) is 0 Å². The van der Waals surface area contributed by atoms with E-state index in [1.165, 1.54) is 16.7 Å². The van der Waals surface area contributed by atoms with E-state index in [4.69, 9.17) is 10.5 Å². The third-order valence-electron chi connectivity index (χ3n) is 7.75. The first-order valence-electron chi connectivity index (χ1n) is 14.3. The maximum Gasteiger partial charge on any atom is 0.240 e. The molecule has 1 aliphatic rings. The second-order valence-corrected chi connectivity index (χ2v) is 11.6. The van der Waals surface area contributed by atoms with Crippen molar-refractivity contribution in [1.82, 2.24) is 9.88 Å². The number of carbonyl (C=O) groups excluding carboxylic acids is 2. The number of rotatable bonds is 13. The Morgan fingerprint density at radius 1 is 1.02 bits per heavy atom. The Labute approximate surface area is 238 Å². The lowest BCUT2D eigenvalue weighted by molar-refractivity contribution is -0.131. The van der Waals surface area contributed by atoms with Crippen molar-refractivity contribution in [3.63, 3.8) is 0 Å². The van der Waals surface area contributed by atoms with Crippen LogP contribution in [0.2, 0.25) is 0 Å². The lowest BCUT2D eigenvalue weighted by Crippen LogP contribution is -2.55. The first-order valence-corrected chi connectivity index (χ1v) is 14.3. The SMILES string of the molecule is C=C(Cn1ccc(CCC(=O)[C@@H](COCc2ccccc2)NC(=O)C(C)(C)N)c1)C1CCc2ccccc2CC1. The summed E-state index contributed by atoms with van der Waals surface area (Å²) in [6.45, 7) is 8.94. The lowest BCUT2D eigenvalue weighted by Gasteiger charge is -2.23. The zero-order valence-corrected chi connectivity index (χ0v) is 23.9. The number of aromatic nitrogens is 1. The smallest absolute Gasteiger partial charge is 0.240 e. The molecule has 40 heavy (non-hydrogen) atoms. The third kappa shape index (κ3) is 8.51. The standard InChI is InChI=1S/C34H43N3O3/c1-25(28-14-16-29-11-7-8-12-30(29)17-15-28)21-37-20-19-26(22-37)13-18-32(38)31(36-33(39)34(2,3)35)24-40-23-27-9-5-4-6-10-27/h4-12,19-20,22,28,31H,1,13-18,21,23-24,35H2,2-3H3,(H,36,39)/t31-/m1/s1. The van der Waals surface area contributed by atoms with E-state index in [-0.39, 0.29) is 18.3 Å². The van der Waals surface area contributed by atoms with E-state index < -0.39 is 11.6 Å². The average molecular weight is 542 g/mol. The molecule has 1 aliphatic carbocycles. The number of hydrogen-bond donors (Lipinski definition) is 2. The Morgan fingerprint density at radius 2 is 1.68 bits per heavy atom. The van der Waals surface area contributed by atoms with Gasteiger partial charge in [-0.05, 0) is 80.2 Å². The number of Topliss-reactive ketones (excluding diaryl/α,β-unsaturated/α-hetero) is 1. The first kappa shape index (κ1) is 29.5. The van der Waals surface area contributed by atoms with Crippen LogP contribution < -0.4 is 11.1 Å². The Kier molecular flexibility index (Phi) is 10.1. The molecular formula is C34H43N3O3. The van der Waals surface area contributed by atoms with Crippen LogP contribution in [0, 0.1) is 5.92 Å². The summed E-state index contributed by atoms with van der Waals surface area (Å²) in [5.74, 6) is 0.0631. The summed E-state index contributed by atoms with van der Waals surface area (Å²) >= 11 is 0. The number of carbonyl (C=O) groups is 2. The Bertz CT molecular complexity index is 1260. The van der Waals surface area contributed by atoms with Gasteiger partial charge < -0.3 is 20.4 Å². The van der Waals surface area contributed by atoms with Crippen LogP contribution >= 0.6 is 0 Å². The Morgan fingerprint density at radius 3 is 2.33 bits per heavy atom. The van der Waals surface area contributed by atoms with Crippen molar-refractivity contribution >= 4 is 11.7 Å². The summed E-state index contributed by atoms with van der Waals surface area (Å²) < 4.78 is 7.98. The molecule has 6 nitrogen and oxygen atoms in total. The van der Waals surface area contributed by atoms with Gasteiger partial charge in [0.25, 0.3) is 0 Å². The number of amides is 1. The van der Waals surface area contributed by atoms with Crippen LogP contribution in [0.4, 0.5) is 0 Å². The van der Waals surface area contributed by atoms with Crippen molar-refractivity contribution in [2.24, 2.45) is 11.7 Å². The van der Waals surface area contributed by atoms with Gasteiger partial charge >= 0.3 is 0 Å². The van der Waals surface area contributed by atoms with Crippen molar-refractivity contribution in [3.05, 3.63) is 107 Å². The number of aryl methyl sites for hydroxylation is 3. The molecule has 0 fully saturated rings. The van der Waals surface area contributed by atoms with Gasteiger partial charge in [-0.15, -0.1) is 0 Å². The van der Waals surface area contributed by atoms with Crippen LogP contribution in [0.1, 0.15) is 55.4 Å². The molecule has 3 aromatic rings. The molecule has 4 rings (SSSR count). The van der Waals surface area contributed by atoms with E-state index >= 15 is 0 Å². The largest absolute Gasteiger partial charge is 0.374 e. The van der Waals surface area contributed by atoms with E-state index in [1.54, 1.807) is 13.8 Å². The minimum Gasteiger partial charge on any atom is -0.374 e. The highest BCUT2D eigenvalue weighted by molar-refractivity contribution is 5.92. The van der Waals surface area contributed by atoms with Crippen LogP contribution in [-0.2, 0) is 46.7 Å². The summed E-state index contributed by atoms with van der Waals surface area (Å²) in [4.78, 5) is 25.7. The van der Waals surface area contributed by atoms with E-state index in [0.717, 1.165) is 43.4 Å². The second kappa shape index (κ2) is 13.7. The molecule has 212 valence electrons. The molecule has 0 spiro atoms. The molecular weight excluding hydrogens is 498 g/mol. The monoisotopic (exact) mass is 541 g/mol. The highest BCUT2D eigenvalue weighted by atomic mass is 16.5. The van der Waals surface area contributed by atoms with Crippen LogP contribution in [-0.4, -0.2) is 34.4 Å². The van der Waals surface area contributed by atoms with Gasteiger partial charge in [-0.3, -0.25) is 9.59 Å². The fourth-order valence-electron chi connectivity index (χ4n) is 5.23. The molecule has 0 radical (unpaired) electrons. The van der Waals surface area contributed by atoms with Gasteiger partial charge in [0.15, 0.2) is 5.78 Å². The number of ether oxygens (including phenoxy) is 1. The van der Waals surface area contributed by atoms with Gasteiger partial charge in [0.05, 0.1) is 18.8 Å². The number of fused-ring (bicyclic) bond motifs is 1. The van der Waals surface area contributed by atoms with E-state index in [1.807, 2.05) is 30.3 Å². The minimum absolute atomic E-state index is 0.0687. The Balaban J connectivity index is 1.29. The highest BCUT2D eigenvalue weighted by Gasteiger charge is 2.28. The van der Waals surface area contributed by atoms with Crippen molar-refractivity contribution in [3.8, 4) is 0 Å². The number of allylic oxidation sites excluding steroid dienone is 1. The fraction of sp³-hybridized carbons (Fsp3) is 0.412. The summed E-state index contributed by atoms with van der Waals surface area (Å²) in [5.41, 5.74) is 11.2. The number of hydrogen-bond acceptors (Lipinski definition) is 4. The molecule has 3 N–H and O–H groups in total. The third-order valence-corrected chi connectivity index (χ3v) is 7.75. The summed E-state index contributed by atoms with van der Waals surface area (Å²) in [5, 5.41) is 2.80. The van der Waals surface area contributed by atoms with Gasteiger partial charge in [-0.25, -0.2) is 0 Å². The van der Waals surface area contributed by atoms with Gasteiger partial charge in [0.1, 0.15) is 6.04 Å². The molecule has 0 bridgehead atoms. The minimum atomic E-state index is -1.09. The molecule has 2 aromatic carbocycles. The number of benzene rings is 2. The molecule has 0 unspecified atom stereocenters. The quantitative estimate of drug-likeness (QED) is 0.231. The molecule has 0 saturated carbocycles. The number of ketones is 1. The summed E-state index contributed by atoms with van der Waals surface area (Å²) in [6, 6.07) is 19.8. The van der Waals surface area contributed by atoms with Gasteiger partial charge in [-0.2, -0.15) is 0 Å². The van der Waals surface area contributed by atoms with Crippen molar-refractivity contribution in [2.75, 3.05) is 6.61 Å². The molecule has 1 heterocycles. The van der Waals surface area contributed by atoms with Crippen LogP contribution in [0.15, 0.2) is 85.2 Å². The lowest BCUT2D eigenvalue weighted by atomic mass is 9.92. The average Bonchev–Trinajstić information content (AvgIpc) is 3.26. The molecule has 6 heteroatoms. The predicted molar refractivity (Wildman–Crippen MR) is 160 cm³/mol. The Hall–Kier alpha value is -3.48. The van der Waals surface area contributed by atoms with Crippen LogP contribution in [0.3, 0.4) is 0 Å². The normalized spacial score (nSPS) is 14.7. The summed E-state index contributed by atoms with van der Waals surface area (Å²) in [6.07, 6.45) is 9.54. The topological polar surface area (TPSA) is 86.3 Å². The summed E-state index contributed by atoms with van der Waals surface area (Å²) in [7, 11) is 0. The van der Waals surface area contributed by atoms with Crippen LogP contribution in [0.5, 0.6) is 0 Å². The molecule has 1 aromatic heterocycles. The van der Waals surface area contributed by atoms with Gasteiger partial charge in [0, 0.05) is 25.4 Å². The van der Waals surface area contributed by atoms with E-state index in [0.29, 0.717) is 25.4 Å². The first-order chi connectivity index (χ1) is 19.2. The van der Waals surface area contributed by atoms with Crippen molar-refractivity contribution < 1.29 is 14.3 Å². The zero-order chi connectivity index (χ0) is 28.5. The van der Waals surface area contributed by atoms with E-state index in [2.05, 4.69) is 59.2 Å². The number of nitrogens with one attached hydrogen (secondary N) is 1. The number of nitrogens with two attached hydrogens (primary N) is 1. The molecule has 0 aliphatic heterocycles. The maximum absolute atomic E-state index is 13.2. The fourth-order valence-corrected chi connectivity index (χ4v) is 5.23. The van der Waals surface area contributed by atoms with E-state index in [9.17, 15) is 9.59 Å². The van der Waals surface area contributed by atoms with Gasteiger partial charge in [0.2, 0.25) is 5.91 Å². The predicted octanol–water partition coefficient (Wildman–Crippen LogP) is 5.18. The molecule has 1 atom stereocenters. The molecule has 1 amide bonds. The highest BCUT2D eigenvalue weighted by Crippen LogP contribution is 2.29. The molecule has 0 saturated heterocycles. The zero-order valence-electron chi connectivity index (χ0n) is 23.9. The second-order valence-electron chi connectivity index (χ2n) is 11.6. The number of nitrogens with zero attached hydrogens (tertiary/aromatic N) is 1. The maximum atomic E-state index is 13.2.